The molecule has 0 aromatic heterocycles. The molecule has 0 fully saturated rings. The number of nitrogens with zero attached hydrogens (tertiary/aromatic N) is 1. The monoisotopic (exact) mass is 253 g/mol. The standard InChI is InChI=1S/C16H15NO2/c1-13(15-7-3-2-4-8-15)10-11-14-6-5-9-16(12-14)17(18)19/h2-13H,1H3/b11-10-. The van der Waals surface area contributed by atoms with Crippen LogP contribution in [-0.4, -0.2) is 4.92 Å². The molecule has 0 spiro atoms. The van der Waals surface area contributed by atoms with Gasteiger partial charge < -0.3 is 0 Å². The minimum atomic E-state index is -0.377. The molecular weight excluding hydrogens is 238 g/mol. The van der Waals surface area contributed by atoms with Crippen LogP contribution in [-0.2, 0) is 0 Å². The van der Waals surface area contributed by atoms with Crippen molar-refractivity contribution in [2.24, 2.45) is 0 Å². The van der Waals surface area contributed by atoms with Crippen molar-refractivity contribution in [2.45, 2.75) is 12.8 Å². The van der Waals surface area contributed by atoms with E-state index in [1.165, 1.54) is 11.6 Å². The van der Waals surface area contributed by atoms with Crippen molar-refractivity contribution in [3.05, 3.63) is 81.9 Å². The first-order valence-electron chi connectivity index (χ1n) is 6.14. The molecule has 1 atom stereocenters. The van der Waals surface area contributed by atoms with Gasteiger partial charge >= 0.3 is 0 Å². The van der Waals surface area contributed by atoms with E-state index in [9.17, 15) is 10.1 Å². The quantitative estimate of drug-likeness (QED) is 0.598. The molecule has 2 aromatic rings. The summed E-state index contributed by atoms with van der Waals surface area (Å²) in [5.74, 6) is 0.278. The highest BCUT2D eigenvalue weighted by molar-refractivity contribution is 5.54. The van der Waals surface area contributed by atoms with Crippen LogP contribution in [0.1, 0.15) is 24.0 Å². The minimum Gasteiger partial charge on any atom is -0.258 e. The normalized spacial score (nSPS) is 12.5. The highest BCUT2D eigenvalue weighted by atomic mass is 16.6. The first-order chi connectivity index (χ1) is 9.16. The third-order valence-corrected chi connectivity index (χ3v) is 2.98. The van der Waals surface area contributed by atoms with Crippen LogP contribution in [0, 0.1) is 10.1 Å². The molecule has 0 aliphatic carbocycles. The SMILES string of the molecule is CC(/C=C\c1cccc([N+](=O)[O-])c1)c1ccccc1. The zero-order valence-corrected chi connectivity index (χ0v) is 10.7. The van der Waals surface area contributed by atoms with E-state index in [2.05, 4.69) is 19.1 Å². The van der Waals surface area contributed by atoms with Crippen LogP contribution in [0.25, 0.3) is 6.08 Å². The molecule has 3 heteroatoms. The molecule has 0 saturated heterocycles. The lowest BCUT2D eigenvalue weighted by molar-refractivity contribution is -0.384. The molecule has 0 aliphatic heterocycles. The maximum atomic E-state index is 10.7. The van der Waals surface area contributed by atoms with E-state index in [4.69, 9.17) is 0 Å². The summed E-state index contributed by atoms with van der Waals surface area (Å²) < 4.78 is 0. The van der Waals surface area contributed by atoms with Gasteiger partial charge in [-0.3, -0.25) is 10.1 Å². The first-order valence-corrected chi connectivity index (χ1v) is 6.14. The van der Waals surface area contributed by atoms with Gasteiger partial charge in [0.15, 0.2) is 0 Å². The molecule has 0 bridgehead atoms. The molecular formula is C16H15NO2. The highest BCUT2D eigenvalue weighted by Gasteiger charge is 2.04. The Morgan fingerprint density at radius 2 is 1.84 bits per heavy atom. The molecule has 2 aromatic carbocycles. The summed E-state index contributed by atoms with van der Waals surface area (Å²) in [5, 5.41) is 10.7. The van der Waals surface area contributed by atoms with Crippen molar-refractivity contribution in [1.82, 2.24) is 0 Å². The third-order valence-electron chi connectivity index (χ3n) is 2.98. The number of rotatable bonds is 4. The molecule has 1 unspecified atom stereocenters. The highest BCUT2D eigenvalue weighted by Crippen LogP contribution is 2.19. The van der Waals surface area contributed by atoms with Crippen LogP contribution < -0.4 is 0 Å². The van der Waals surface area contributed by atoms with Gasteiger partial charge in [0.2, 0.25) is 0 Å². The molecule has 0 amide bonds. The lowest BCUT2D eigenvalue weighted by Crippen LogP contribution is -1.89. The summed E-state index contributed by atoms with van der Waals surface area (Å²) in [4.78, 5) is 10.3. The fourth-order valence-electron chi connectivity index (χ4n) is 1.87. The Balaban J connectivity index is 2.14. The smallest absolute Gasteiger partial charge is 0.258 e. The van der Waals surface area contributed by atoms with E-state index in [1.54, 1.807) is 12.1 Å². The Kier molecular flexibility index (Phi) is 4.08. The molecule has 0 radical (unpaired) electrons. The predicted molar refractivity (Wildman–Crippen MR) is 77.0 cm³/mol. The van der Waals surface area contributed by atoms with E-state index in [0.717, 1.165) is 5.56 Å². The van der Waals surface area contributed by atoms with Crippen molar-refractivity contribution < 1.29 is 4.92 Å². The Labute approximate surface area is 112 Å². The number of allylic oxidation sites excluding steroid dienone is 1. The molecule has 96 valence electrons. The topological polar surface area (TPSA) is 43.1 Å². The van der Waals surface area contributed by atoms with Crippen LogP contribution in [0.4, 0.5) is 5.69 Å². The van der Waals surface area contributed by atoms with Crippen molar-refractivity contribution >= 4 is 11.8 Å². The maximum absolute atomic E-state index is 10.7. The second kappa shape index (κ2) is 5.96. The Bertz CT molecular complexity index is 591. The predicted octanol–water partition coefficient (Wildman–Crippen LogP) is 4.41. The summed E-state index contributed by atoms with van der Waals surface area (Å²) in [6, 6.07) is 16.8. The third kappa shape index (κ3) is 3.52. The van der Waals surface area contributed by atoms with Gasteiger partial charge in [-0.2, -0.15) is 0 Å². The van der Waals surface area contributed by atoms with Gasteiger partial charge in [0, 0.05) is 12.1 Å². The van der Waals surface area contributed by atoms with Gasteiger partial charge in [-0.05, 0) is 17.0 Å². The lowest BCUT2D eigenvalue weighted by atomic mass is 10.00. The zero-order valence-electron chi connectivity index (χ0n) is 10.7. The number of non-ortho nitro benzene ring substituents is 1. The van der Waals surface area contributed by atoms with E-state index in [-0.39, 0.29) is 16.5 Å². The van der Waals surface area contributed by atoms with E-state index in [1.807, 2.05) is 36.4 Å². The number of hydrogen-bond acceptors (Lipinski definition) is 2. The fourth-order valence-corrected chi connectivity index (χ4v) is 1.87. The van der Waals surface area contributed by atoms with Crippen LogP contribution in [0.2, 0.25) is 0 Å². The van der Waals surface area contributed by atoms with Crippen molar-refractivity contribution in [1.29, 1.82) is 0 Å². The van der Waals surface area contributed by atoms with E-state index < -0.39 is 0 Å². The average Bonchev–Trinajstić information content (AvgIpc) is 2.46. The van der Waals surface area contributed by atoms with Crippen LogP contribution >= 0.6 is 0 Å². The largest absolute Gasteiger partial charge is 0.270 e. The van der Waals surface area contributed by atoms with Gasteiger partial charge in [-0.25, -0.2) is 0 Å². The van der Waals surface area contributed by atoms with Crippen LogP contribution in [0.3, 0.4) is 0 Å². The minimum absolute atomic E-state index is 0.120. The Hall–Kier alpha value is -2.42. The summed E-state index contributed by atoms with van der Waals surface area (Å²) in [7, 11) is 0. The number of nitro benzene ring substituents is 1. The number of nitro groups is 1. The van der Waals surface area contributed by atoms with Crippen molar-refractivity contribution in [3.63, 3.8) is 0 Å². The average molecular weight is 253 g/mol. The number of hydrogen-bond donors (Lipinski definition) is 0. The summed E-state index contributed by atoms with van der Waals surface area (Å²) in [6.07, 6.45) is 3.97. The Morgan fingerprint density at radius 1 is 1.11 bits per heavy atom. The van der Waals surface area contributed by atoms with Crippen LogP contribution in [0.5, 0.6) is 0 Å². The fraction of sp³-hybridized carbons (Fsp3) is 0.125. The van der Waals surface area contributed by atoms with Crippen LogP contribution in [0.15, 0.2) is 60.7 Å². The first kappa shape index (κ1) is 13.0. The van der Waals surface area contributed by atoms with Gasteiger partial charge in [-0.1, -0.05) is 61.5 Å². The van der Waals surface area contributed by atoms with Gasteiger partial charge in [-0.15, -0.1) is 0 Å². The van der Waals surface area contributed by atoms with E-state index >= 15 is 0 Å². The van der Waals surface area contributed by atoms with Crippen molar-refractivity contribution in [2.75, 3.05) is 0 Å². The molecule has 0 N–H and O–H groups in total. The maximum Gasteiger partial charge on any atom is 0.270 e. The lowest BCUT2D eigenvalue weighted by Gasteiger charge is -2.05. The second-order valence-corrected chi connectivity index (χ2v) is 4.41. The molecule has 0 aliphatic rings. The number of benzene rings is 2. The summed E-state index contributed by atoms with van der Waals surface area (Å²) in [6.45, 7) is 2.10. The van der Waals surface area contributed by atoms with Gasteiger partial charge in [0.25, 0.3) is 5.69 Å². The summed E-state index contributed by atoms with van der Waals surface area (Å²) in [5.41, 5.74) is 2.19. The zero-order chi connectivity index (χ0) is 13.7. The molecule has 2 rings (SSSR count). The van der Waals surface area contributed by atoms with Gasteiger partial charge in [0.05, 0.1) is 4.92 Å². The molecule has 3 nitrogen and oxygen atoms in total. The molecule has 0 heterocycles. The molecule has 19 heavy (non-hydrogen) atoms. The van der Waals surface area contributed by atoms with E-state index in [0.29, 0.717) is 0 Å². The van der Waals surface area contributed by atoms with Crippen molar-refractivity contribution in [3.8, 4) is 0 Å². The Morgan fingerprint density at radius 3 is 2.53 bits per heavy atom. The second-order valence-electron chi connectivity index (χ2n) is 4.41. The summed E-state index contributed by atoms with van der Waals surface area (Å²) >= 11 is 0. The van der Waals surface area contributed by atoms with Gasteiger partial charge in [0.1, 0.15) is 0 Å². The molecule has 0 saturated carbocycles.